The molecular weight excluding hydrogens is 360 g/mol. The van der Waals surface area contributed by atoms with Crippen molar-refractivity contribution in [1.82, 2.24) is 15.0 Å². The van der Waals surface area contributed by atoms with E-state index in [9.17, 15) is 4.79 Å². The number of nitrogens with two attached hydrogens (primary N) is 1. The van der Waals surface area contributed by atoms with Crippen LogP contribution in [0.2, 0.25) is 0 Å². The molecule has 0 unspecified atom stereocenters. The summed E-state index contributed by atoms with van der Waals surface area (Å²) in [7, 11) is 0. The minimum absolute atomic E-state index is 0.203. The van der Waals surface area contributed by atoms with Crippen molar-refractivity contribution in [3.05, 3.63) is 48.0 Å². The normalized spacial score (nSPS) is 14.1. The first-order valence-electron chi connectivity index (χ1n) is 8.88. The molecule has 3 N–H and O–H groups in total. The molecule has 0 aliphatic carbocycles. The number of nitrogens with one attached hydrogen (secondary N) is 1. The highest BCUT2D eigenvalue weighted by atomic mass is 32.1. The number of carbonyl (C=O) groups is 1. The smallest absolute Gasteiger partial charge is 0.276 e. The fourth-order valence-electron chi connectivity index (χ4n) is 3.21. The number of hydrogen-bond donors (Lipinski definition) is 2. The molecule has 1 saturated heterocycles. The topological polar surface area (TPSA) is 97.0 Å². The van der Waals surface area contributed by atoms with Gasteiger partial charge in [0.2, 0.25) is 0 Å². The number of carbonyl (C=O) groups excluding carboxylic acids is 1. The van der Waals surface area contributed by atoms with Crippen LogP contribution in [-0.2, 0) is 0 Å². The van der Waals surface area contributed by atoms with E-state index in [1.165, 1.54) is 17.8 Å². The molecule has 138 valence electrons. The van der Waals surface area contributed by atoms with Crippen LogP contribution in [0.5, 0.6) is 0 Å². The van der Waals surface area contributed by atoms with Crippen molar-refractivity contribution in [2.45, 2.75) is 19.3 Å². The molecule has 0 atom stereocenters. The quantitative estimate of drug-likeness (QED) is 0.720. The molecule has 4 heterocycles. The fourth-order valence-corrected chi connectivity index (χ4v) is 3.80. The summed E-state index contributed by atoms with van der Waals surface area (Å²) >= 11 is 1.46. The molecule has 4 rings (SSSR count). The molecule has 3 aromatic heterocycles. The summed E-state index contributed by atoms with van der Waals surface area (Å²) in [5.41, 5.74) is 10.6. The van der Waals surface area contributed by atoms with Gasteiger partial charge in [-0.15, -0.1) is 11.3 Å². The Balaban J connectivity index is 1.61. The summed E-state index contributed by atoms with van der Waals surface area (Å²) in [5, 5.41) is 2.94. The van der Waals surface area contributed by atoms with Crippen LogP contribution in [-0.4, -0.2) is 33.9 Å². The highest BCUT2D eigenvalue weighted by Crippen LogP contribution is 2.29. The third-order valence-electron chi connectivity index (χ3n) is 4.57. The maximum atomic E-state index is 12.9. The van der Waals surface area contributed by atoms with Crippen LogP contribution in [0.1, 0.15) is 29.8 Å². The van der Waals surface area contributed by atoms with Crippen LogP contribution >= 0.6 is 11.3 Å². The Bertz CT molecular complexity index is 937. The first-order chi connectivity index (χ1) is 13.2. The Morgan fingerprint density at radius 3 is 2.74 bits per heavy atom. The number of anilines is 3. The minimum atomic E-state index is -0.342. The Labute approximate surface area is 161 Å². The Morgan fingerprint density at radius 1 is 1.11 bits per heavy atom. The SMILES string of the molecule is Nc1ccc(-c2cncs2)nc1C(=O)Nc1cnccc1N1CCCCC1. The van der Waals surface area contributed by atoms with Crippen LogP contribution in [0.3, 0.4) is 0 Å². The Hall–Kier alpha value is -3.00. The number of aromatic nitrogens is 3. The van der Waals surface area contributed by atoms with E-state index >= 15 is 0 Å². The summed E-state index contributed by atoms with van der Waals surface area (Å²) in [5.74, 6) is -0.342. The van der Waals surface area contributed by atoms with Crippen molar-refractivity contribution in [3.8, 4) is 10.6 Å². The summed E-state index contributed by atoms with van der Waals surface area (Å²) in [6, 6.07) is 5.43. The standard InChI is InChI=1S/C19H20N6OS/c20-13-4-5-14(17-11-22-12-27-17)23-18(13)19(26)24-15-10-21-7-6-16(15)25-8-2-1-3-9-25/h4-7,10-12H,1-3,8-9,20H2,(H,24,26). The summed E-state index contributed by atoms with van der Waals surface area (Å²) < 4.78 is 0. The van der Waals surface area contributed by atoms with Crippen molar-refractivity contribution >= 4 is 34.3 Å². The molecule has 0 bridgehead atoms. The zero-order valence-electron chi connectivity index (χ0n) is 14.8. The lowest BCUT2D eigenvalue weighted by Crippen LogP contribution is -2.30. The largest absolute Gasteiger partial charge is 0.397 e. The number of piperidine rings is 1. The van der Waals surface area contributed by atoms with E-state index < -0.39 is 0 Å². The number of rotatable bonds is 4. The van der Waals surface area contributed by atoms with Gasteiger partial charge in [0.05, 0.1) is 39.3 Å². The lowest BCUT2D eigenvalue weighted by molar-refractivity contribution is 0.102. The average Bonchev–Trinajstić information content (AvgIpc) is 3.24. The molecule has 1 fully saturated rings. The van der Waals surface area contributed by atoms with Gasteiger partial charge in [-0.25, -0.2) is 4.98 Å². The van der Waals surface area contributed by atoms with Crippen molar-refractivity contribution in [3.63, 3.8) is 0 Å². The summed E-state index contributed by atoms with van der Waals surface area (Å²) in [4.78, 5) is 28.7. The third kappa shape index (κ3) is 3.75. The molecule has 0 spiro atoms. The molecule has 0 aromatic carbocycles. The van der Waals surface area contributed by atoms with Gasteiger partial charge in [0, 0.05) is 25.5 Å². The second-order valence-corrected chi connectivity index (χ2v) is 7.28. The molecule has 1 amide bonds. The molecule has 7 nitrogen and oxygen atoms in total. The maximum absolute atomic E-state index is 12.9. The molecule has 27 heavy (non-hydrogen) atoms. The Kier molecular flexibility index (Phi) is 4.97. The second-order valence-electron chi connectivity index (χ2n) is 6.39. The van der Waals surface area contributed by atoms with Crippen molar-refractivity contribution in [1.29, 1.82) is 0 Å². The molecule has 1 aliphatic heterocycles. The molecular formula is C19H20N6OS. The molecule has 8 heteroatoms. The number of hydrogen-bond acceptors (Lipinski definition) is 7. The van der Waals surface area contributed by atoms with E-state index in [2.05, 4.69) is 25.2 Å². The van der Waals surface area contributed by atoms with Gasteiger partial charge in [0.15, 0.2) is 5.69 Å². The van der Waals surface area contributed by atoms with E-state index in [1.54, 1.807) is 36.2 Å². The van der Waals surface area contributed by atoms with Gasteiger partial charge in [-0.2, -0.15) is 0 Å². The van der Waals surface area contributed by atoms with Crippen molar-refractivity contribution in [2.75, 3.05) is 29.0 Å². The average molecular weight is 380 g/mol. The van der Waals surface area contributed by atoms with Gasteiger partial charge in [0.25, 0.3) is 5.91 Å². The predicted molar refractivity (Wildman–Crippen MR) is 108 cm³/mol. The van der Waals surface area contributed by atoms with E-state index in [0.717, 1.165) is 36.5 Å². The predicted octanol–water partition coefficient (Wildman–Crippen LogP) is 3.42. The van der Waals surface area contributed by atoms with Crippen LogP contribution in [0.15, 0.2) is 42.3 Å². The maximum Gasteiger partial charge on any atom is 0.276 e. The number of amides is 1. The van der Waals surface area contributed by atoms with Gasteiger partial charge in [-0.3, -0.25) is 14.8 Å². The third-order valence-corrected chi connectivity index (χ3v) is 5.36. The number of nitrogen functional groups attached to an aromatic ring is 1. The molecule has 0 radical (unpaired) electrons. The number of pyridine rings is 2. The zero-order chi connectivity index (χ0) is 18.6. The van der Waals surface area contributed by atoms with Crippen LogP contribution in [0.4, 0.5) is 17.1 Å². The van der Waals surface area contributed by atoms with Gasteiger partial charge < -0.3 is 16.0 Å². The van der Waals surface area contributed by atoms with Gasteiger partial charge in [0.1, 0.15) is 0 Å². The number of nitrogens with zero attached hydrogens (tertiary/aromatic N) is 4. The molecule has 0 saturated carbocycles. The van der Waals surface area contributed by atoms with E-state index in [0.29, 0.717) is 17.1 Å². The van der Waals surface area contributed by atoms with Gasteiger partial charge in [-0.05, 0) is 37.5 Å². The lowest BCUT2D eigenvalue weighted by atomic mass is 10.1. The Morgan fingerprint density at radius 2 is 1.96 bits per heavy atom. The molecule has 1 aliphatic rings. The minimum Gasteiger partial charge on any atom is -0.397 e. The number of thiazole rings is 1. The van der Waals surface area contributed by atoms with Crippen molar-refractivity contribution in [2.24, 2.45) is 0 Å². The zero-order valence-corrected chi connectivity index (χ0v) is 15.6. The van der Waals surface area contributed by atoms with Crippen LogP contribution in [0.25, 0.3) is 10.6 Å². The van der Waals surface area contributed by atoms with Crippen LogP contribution < -0.4 is 16.0 Å². The van der Waals surface area contributed by atoms with E-state index in [4.69, 9.17) is 5.73 Å². The van der Waals surface area contributed by atoms with Crippen molar-refractivity contribution < 1.29 is 4.79 Å². The monoisotopic (exact) mass is 380 g/mol. The first kappa shape index (κ1) is 17.4. The highest BCUT2D eigenvalue weighted by molar-refractivity contribution is 7.13. The van der Waals surface area contributed by atoms with E-state index in [1.807, 2.05) is 6.07 Å². The second kappa shape index (κ2) is 7.71. The first-order valence-corrected chi connectivity index (χ1v) is 9.76. The lowest BCUT2D eigenvalue weighted by Gasteiger charge is -2.30. The molecule has 3 aromatic rings. The summed E-state index contributed by atoms with van der Waals surface area (Å²) in [6.07, 6.45) is 8.69. The van der Waals surface area contributed by atoms with Crippen LogP contribution in [0, 0.1) is 0 Å². The fraction of sp³-hybridized carbons (Fsp3) is 0.263. The summed E-state index contributed by atoms with van der Waals surface area (Å²) in [6.45, 7) is 1.96. The van der Waals surface area contributed by atoms with Gasteiger partial charge >= 0.3 is 0 Å². The highest BCUT2D eigenvalue weighted by Gasteiger charge is 2.19. The van der Waals surface area contributed by atoms with E-state index in [-0.39, 0.29) is 11.6 Å². The van der Waals surface area contributed by atoms with Gasteiger partial charge in [-0.1, -0.05) is 0 Å².